The molecule has 1 aromatic heterocycles. The number of nitrogens with zero attached hydrogens (tertiary/aromatic N) is 3. The molecule has 1 aliphatic heterocycles. The fraction of sp³-hybridized carbons (Fsp3) is 0.571. The van der Waals surface area contributed by atoms with Crippen LogP contribution in [0.15, 0.2) is 29.9 Å². The summed E-state index contributed by atoms with van der Waals surface area (Å²) in [5.74, 6) is 1.14. The Labute approximate surface area is 153 Å². The van der Waals surface area contributed by atoms with Gasteiger partial charge in [-0.3, -0.25) is 14.3 Å². The number of carbonyl (C=O) groups is 2. The van der Waals surface area contributed by atoms with Crippen molar-refractivity contribution in [2.45, 2.75) is 63.8 Å². The van der Waals surface area contributed by atoms with E-state index in [-0.39, 0.29) is 17.7 Å². The van der Waals surface area contributed by atoms with Crippen molar-refractivity contribution in [3.63, 3.8) is 0 Å². The highest BCUT2D eigenvalue weighted by atomic mass is 16.2. The molecule has 0 radical (unpaired) electrons. The fourth-order valence-corrected chi connectivity index (χ4v) is 4.68. The zero-order chi connectivity index (χ0) is 17.7. The van der Waals surface area contributed by atoms with Crippen LogP contribution in [0.5, 0.6) is 0 Å². The third kappa shape index (κ3) is 2.65. The maximum Gasteiger partial charge on any atom is 0.263 e. The molecule has 136 valence electrons. The first-order valence-corrected chi connectivity index (χ1v) is 10.0. The van der Waals surface area contributed by atoms with E-state index in [2.05, 4.69) is 4.68 Å². The molecule has 3 fully saturated rings. The zero-order valence-corrected chi connectivity index (χ0v) is 15.1. The number of hydrogen-bond acceptors (Lipinski definition) is 3. The molecule has 3 aliphatic carbocycles. The molecule has 0 N–H and O–H groups in total. The second-order valence-corrected chi connectivity index (χ2v) is 8.21. The smallest absolute Gasteiger partial charge is 0.263 e. The predicted molar refractivity (Wildman–Crippen MR) is 98.6 cm³/mol. The van der Waals surface area contributed by atoms with E-state index in [1.54, 1.807) is 6.08 Å². The minimum atomic E-state index is -0.319. The molecule has 1 unspecified atom stereocenters. The van der Waals surface area contributed by atoms with Gasteiger partial charge in [-0.15, -0.1) is 0 Å². The van der Waals surface area contributed by atoms with Gasteiger partial charge < -0.3 is 0 Å². The van der Waals surface area contributed by atoms with E-state index in [1.807, 2.05) is 18.2 Å². The third-order valence-corrected chi connectivity index (χ3v) is 6.31. The maximum absolute atomic E-state index is 12.8. The first kappa shape index (κ1) is 16.0. The van der Waals surface area contributed by atoms with Crippen LogP contribution < -0.4 is 4.90 Å². The molecule has 2 heterocycles. The van der Waals surface area contributed by atoms with Crippen LogP contribution in [0.2, 0.25) is 0 Å². The van der Waals surface area contributed by atoms with Crippen molar-refractivity contribution in [1.82, 2.24) is 9.78 Å². The van der Waals surface area contributed by atoms with Crippen LogP contribution in [0.4, 0.5) is 5.82 Å². The van der Waals surface area contributed by atoms with Crippen LogP contribution in [0, 0.1) is 11.8 Å². The topological polar surface area (TPSA) is 55.2 Å². The summed E-state index contributed by atoms with van der Waals surface area (Å²) in [6, 6.07) is 2.00. The molecule has 1 saturated heterocycles. The van der Waals surface area contributed by atoms with Crippen molar-refractivity contribution in [2.24, 2.45) is 11.8 Å². The molecular weight excluding hydrogens is 326 g/mol. The van der Waals surface area contributed by atoms with Crippen LogP contribution in [0.3, 0.4) is 0 Å². The Morgan fingerprint density at radius 3 is 2.62 bits per heavy atom. The number of fused-ring (bicyclic) bond motifs is 1. The van der Waals surface area contributed by atoms with Crippen molar-refractivity contribution in [2.75, 3.05) is 4.90 Å². The molecule has 5 rings (SSSR count). The van der Waals surface area contributed by atoms with Gasteiger partial charge in [0.2, 0.25) is 5.91 Å². The van der Waals surface area contributed by atoms with Gasteiger partial charge in [0.1, 0.15) is 0 Å². The van der Waals surface area contributed by atoms with E-state index >= 15 is 0 Å². The molecule has 2 amide bonds. The van der Waals surface area contributed by atoms with Crippen molar-refractivity contribution in [1.29, 1.82) is 0 Å². The molecule has 4 aliphatic rings. The summed E-state index contributed by atoms with van der Waals surface area (Å²) in [5, 5.41) is 4.76. The number of aromatic nitrogens is 2. The molecule has 5 nitrogen and oxygen atoms in total. The van der Waals surface area contributed by atoms with Gasteiger partial charge in [0.25, 0.3) is 5.91 Å². The molecule has 26 heavy (non-hydrogen) atoms. The number of imide groups is 1. The lowest BCUT2D eigenvalue weighted by atomic mass is 9.89. The summed E-state index contributed by atoms with van der Waals surface area (Å²) in [6.07, 6.45) is 15.1. The SMILES string of the molecule is O=C1C2=CC=CCC2C(=O)N1c1cc(C2CC2)n(CC2CCCCC2)n1. The molecule has 0 bridgehead atoms. The van der Waals surface area contributed by atoms with Gasteiger partial charge in [0.15, 0.2) is 5.82 Å². The highest BCUT2D eigenvalue weighted by Gasteiger charge is 2.45. The molecule has 0 spiro atoms. The van der Waals surface area contributed by atoms with Gasteiger partial charge in [-0.25, -0.2) is 4.90 Å². The standard InChI is InChI=1S/C21H25N3O2/c25-20-16-8-4-5-9-17(16)21(26)24(20)19-12-18(15-10-11-15)23(22-19)13-14-6-2-1-3-7-14/h4-5,8,12,14-15,17H,1-3,6-7,9-11,13H2. The number of anilines is 1. The molecule has 0 aromatic carbocycles. The minimum Gasteiger partial charge on any atom is -0.273 e. The fourth-order valence-electron chi connectivity index (χ4n) is 4.68. The van der Waals surface area contributed by atoms with Gasteiger partial charge in [-0.2, -0.15) is 5.10 Å². The van der Waals surface area contributed by atoms with Gasteiger partial charge >= 0.3 is 0 Å². The Hall–Kier alpha value is -2.17. The van der Waals surface area contributed by atoms with E-state index in [0.29, 0.717) is 29.6 Å². The second kappa shape index (κ2) is 6.22. The van der Waals surface area contributed by atoms with Crippen molar-refractivity contribution in [3.8, 4) is 0 Å². The van der Waals surface area contributed by atoms with Crippen molar-refractivity contribution in [3.05, 3.63) is 35.6 Å². The van der Waals surface area contributed by atoms with Crippen LogP contribution in [-0.2, 0) is 16.1 Å². The highest BCUT2D eigenvalue weighted by Crippen LogP contribution is 2.43. The highest BCUT2D eigenvalue weighted by molar-refractivity contribution is 6.29. The van der Waals surface area contributed by atoms with E-state index < -0.39 is 0 Å². The maximum atomic E-state index is 12.8. The van der Waals surface area contributed by atoms with E-state index in [1.165, 1.54) is 55.5 Å². The van der Waals surface area contributed by atoms with Gasteiger partial charge in [-0.1, -0.05) is 37.5 Å². The van der Waals surface area contributed by atoms with Crippen LogP contribution in [0.1, 0.15) is 63.0 Å². The lowest BCUT2D eigenvalue weighted by Crippen LogP contribution is -2.31. The molecule has 1 atom stereocenters. The number of amides is 2. The summed E-state index contributed by atoms with van der Waals surface area (Å²) < 4.78 is 2.11. The molecule has 2 saturated carbocycles. The normalized spacial score (nSPS) is 26.4. The van der Waals surface area contributed by atoms with Crippen molar-refractivity contribution < 1.29 is 9.59 Å². The average Bonchev–Trinajstić information content (AvgIpc) is 3.39. The average molecular weight is 351 g/mol. The van der Waals surface area contributed by atoms with E-state index in [9.17, 15) is 9.59 Å². The summed E-state index contributed by atoms with van der Waals surface area (Å²) in [4.78, 5) is 27.0. The second-order valence-electron chi connectivity index (χ2n) is 8.21. The predicted octanol–water partition coefficient (Wildman–Crippen LogP) is 3.72. The molecule has 1 aromatic rings. The number of carbonyl (C=O) groups excluding carboxylic acids is 2. The van der Waals surface area contributed by atoms with Crippen LogP contribution >= 0.6 is 0 Å². The van der Waals surface area contributed by atoms with E-state index in [0.717, 1.165) is 6.54 Å². The summed E-state index contributed by atoms with van der Waals surface area (Å²) in [6.45, 7) is 0.926. The Bertz CT molecular complexity index is 809. The largest absolute Gasteiger partial charge is 0.273 e. The quantitative estimate of drug-likeness (QED) is 0.777. The summed E-state index contributed by atoms with van der Waals surface area (Å²) in [7, 11) is 0. The monoisotopic (exact) mass is 351 g/mol. The third-order valence-electron chi connectivity index (χ3n) is 6.31. The van der Waals surface area contributed by atoms with Gasteiger partial charge in [0.05, 0.1) is 5.92 Å². The number of hydrogen-bond donors (Lipinski definition) is 0. The summed E-state index contributed by atoms with van der Waals surface area (Å²) >= 11 is 0. The lowest BCUT2D eigenvalue weighted by molar-refractivity contribution is -0.122. The summed E-state index contributed by atoms with van der Waals surface area (Å²) in [5.41, 5.74) is 1.83. The Morgan fingerprint density at radius 1 is 1.08 bits per heavy atom. The molecular formula is C21H25N3O2. The number of allylic oxidation sites excluding steroid dienone is 3. The van der Waals surface area contributed by atoms with Gasteiger partial charge in [0, 0.05) is 29.8 Å². The first-order chi connectivity index (χ1) is 12.7. The zero-order valence-electron chi connectivity index (χ0n) is 15.1. The van der Waals surface area contributed by atoms with Crippen LogP contribution in [-0.4, -0.2) is 21.6 Å². The Morgan fingerprint density at radius 2 is 1.88 bits per heavy atom. The minimum absolute atomic E-state index is 0.115. The Balaban J connectivity index is 1.45. The van der Waals surface area contributed by atoms with E-state index in [4.69, 9.17) is 5.10 Å². The molecule has 5 heteroatoms. The van der Waals surface area contributed by atoms with Crippen molar-refractivity contribution >= 4 is 17.6 Å². The lowest BCUT2D eigenvalue weighted by Gasteiger charge is -2.22. The Kier molecular flexibility index (Phi) is 3.84. The van der Waals surface area contributed by atoms with Gasteiger partial charge in [-0.05, 0) is 38.0 Å². The first-order valence-electron chi connectivity index (χ1n) is 10.0. The number of rotatable bonds is 4. The van der Waals surface area contributed by atoms with Crippen LogP contribution in [0.25, 0.3) is 0 Å².